The van der Waals surface area contributed by atoms with E-state index < -0.39 is 0 Å². The average molecular weight is 397 g/mol. The molecule has 7 nitrogen and oxygen atoms in total. The summed E-state index contributed by atoms with van der Waals surface area (Å²) in [4.78, 5) is 8.80. The molecule has 144 valence electrons. The van der Waals surface area contributed by atoms with Crippen LogP contribution in [-0.4, -0.2) is 24.9 Å². The number of amidine groups is 1. The summed E-state index contributed by atoms with van der Waals surface area (Å²) >= 11 is 0. The van der Waals surface area contributed by atoms with Crippen molar-refractivity contribution in [3.63, 3.8) is 0 Å². The van der Waals surface area contributed by atoms with Gasteiger partial charge in [0.25, 0.3) is 0 Å². The third-order valence-electron chi connectivity index (χ3n) is 4.50. The summed E-state index contributed by atoms with van der Waals surface area (Å²) < 4.78 is 9.91. The lowest BCUT2D eigenvalue weighted by Gasteiger charge is -2.07. The molecule has 0 unspecified atom stereocenters. The Balaban J connectivity index is 0.00000225. The number of hydrogen-bond donors (Lipinski definition) is 2. The highest BCUT2D eigenvalue weighted by Gasteiger charge is 2.09. The monoisotopic (exact) mass is 396 g/mol. The van der Waals surface area contributed by atoms with E-state index in [0.717, 1.165) is 23.4 Å². The van der Waals surface area contributed by atoms with E-state index in [1.807, 2.05) is 34.5 Å². The number of halogens is 1. The molecule has 4 aromatic rings. The highest BCUT2D eigenvalue weighted by molar-refractivity contribution is 5.94. The fourth-order valence-electron chi connectivity index (χ4n) is 2.99. The maximum atomic E-state index is 7.43. The molecule has 0 saturated carbocycles. The predicted octanol–water partition coefficient (Wildman–Crippen LogP) is 3.10. The summed E-state index contributed by atoms with van der Waals surface area (Å²) in [5.74, 6) is 1.61. The van der Waals surface area contributed by atoms with Crippen molar-refractivity contribution in [2.45, 2.75) is 13.2 Å². The number of nitrogens with zero attached hydrogens (tertiary/aromatic N) is 4. The van der Waals surface area contributed by atoms with E-state index in [0.29, 0.717) is 17.9 Å². The first kappa shape index (κ1) is 19.4. The molecule has 0 amide bonds. The largest absolute Gasteiger partial charge is 0.486 e. The van der Waals surface area contributed by atoms with Gasteiger partial charge in [0.05, 0.1) is 17.4 Å². The van der Waals surface area contributed by atoms with E-state index in [1.54, 1.807) is 24.7 Å². The zero-order chi connectivity index (χ0) is 18.8. The number of benzene rings is 2. The Kier molecular flexibility index (Phi) is 5.65. The van der Waals surface area contributed by atoms with Gasteiger partial charge >= 0.3 is 0 Å². The number of nitrogens with one attached hydrogen (secondary N) is 1. The summed E-state index contributed by atoms with van der Waals surface area (Å²) in [6.45, 7) is 1.13. The van der Waals surface area contributed by atoms with E-state index >= 15 is 0 Å². The molecular formula is C20H21ClN6O. The second-order valence-electron chi connectivity index (χ2n) is 6.37. The van der Waals surface area contributed by atoms with Crippen molar-refractivity contribution < 1.29 is 4.74 Å². The van der Waals surface area contributed by atoms with Crippen LogP contribution in [0.2, 0.25) is 0 Å². The molecule has 3 N–H and O–H groups in total. The van der Waals surface area contributed by atoms with Gasteiger partial charge in [0.2, 0.25) is 0 Å². The van der Waals surface area contributed by atoms with Gasteiger partial charge in [-0.05, 0) is 42.0 Å². The molecule has 0 fully saturated rings. The number of aromatic nitrogens is 4. The van der Waals surface area contributed by atoms with Gasteiger partial charge in [-0.1, -0.05) is 6.07 Å². The summed E-state index contributed by atoms with van der Waals surface area (Å²) in [6, 6.07) is 13.4. The smallest absolute Gasteiger partial charge is 0.147 e. The minimum absolute atomic E-state index is 0. The van der Waals surface area contributed by atoms with Crippen molar-refractivity contribution in [2.75, 3.05) is 0 Å². The third-order valence-corrected chi connectivity index (χ3v) is 4.50. The minimum Gasteiger partial charge on any atom is -0.486 e. The minimum atomic E-state index is 0. The third kappa shape index (κ3) is 3.99. The summed E-state index contributed by atoms with van der Waals surface area (Å²) in [5.41, 5.74) is 9.33. The standard InChI is InChI=1S/C20H20N6O.ClH/c1-25-18-7-2-14(11-26-9-8-23-13-26)10-17(18)24-19(25)12-27-16-5-3-15(4-6-16)20(21)22;/h2-10,13H,11-12H2,1H3,(H3,21,22);1H. The van der Waals surface area contributed by atoms with Gasteiger partial charge in [-0.2, -0.15) is 0 Å². The second kappa shape index (κ2) is 8.14. The van der Waals surface area contributed by atoms with Crippen molar-refractivity contribution >= 4 is 29.3 Å². The molecule has 0 aliphatic rings. The Bertz CT molecular complexity index is 1090. The van der Waals surface area contributed by atoms with Gasteiger partial charge in [0.1, 0.15) is 24.0 Å². The first-order valence-electron chi connectivity index (χ1n) is 8.57. The molecule has 0 aliphatic carbocycles. The number of ether oxygens (including phenoxy) is 1. The lowest BCUT2D eigenvalue weighted by Crippen LogP contribution is -2.10. The lowest BCUT2D eigenvalue weighted by molar-refractivity contribution is 0.292. The van der Waals surface area contributed by atoms with Gasteiger partial charge in [0, 0.05) is 31.5 Å². The van der Waals surface area contributed by atoms with E-state index in [-0.39, 0.29) is 18.2 Å². The second-order valence-corrected chi connectivity index (χ2v) is 6.37. The Morgan fingerprint density at radius 1 is 1.18 bits per heavy atom. The number of nitrogens with two attached hydrogens (primary N) is 1. The molecule has 8 heteroatoms. The van der Waals surface area contributed by atoms with Gasteiger partial charge in [-0.15, -0.1) is 12.4 Å². The first-order valence-corrected chi connectivity index (χ1v) is 8.57. The van der Waals surface area contributed by atoms with Crippen LogP contribution in [0.4, 0.5) is 0 Å². The molecule has 0 bridgehead atoms. The molecule has 0 saturated heterocycles. The fourth-order valence-corrected chi connectivity index (χ4v) is 2.99. The SMILES string of the molecule is Cl.Cn1c(COc2ccc(C(=N)N)cc2)nc2cc(Cn3ccnc3)ccc21. The molecular weight excluding hydrogens is 376 g/mol. The van der Waals surface area contributed by atoms with Crippen LogP contribution < -0.4 is 10.5 Å². The van der Waals surface area contributed by atoms with Crippen molar-refractivity contribution in [3.8, 4) is 5.75 Å². The van der Waals surface area contributed by atoms with Crippen molar-refractivity contribution in [2.24, 2.45) is 12.8 Å². The molecule has 2 heterocycles. The quantitative estimate of drug-likeness (QED) is 0.386. The van der Waals surface area contributed by atoms with Crippen LogP contribution in [0, 0.1) is 5.41 Å². The number of rotatable bonds is 6. The normalized spacial score (nSPS) is 10.6. The van der Waals surface area contributed by atoms with Crippen LogP contribution in [0.3, 0.4) is 0 Å². The number of aryl methyl sites for hydroxylation is 1. The maximum absolute atomic E-state index is 7.43. The number of nitrogen functional groups attached to an aromatic ring is 1. The fraction of sp³-hybridized carbons (Fsp3) is 0.150. The highest BCUT2D eigenvalue weighted by Crippen LogP contribution is 2.19. The number of hydrogen-bond acceptors (Lipinski definition) is 4. The molecule has 28 heavy (non-hydrogen) atoms. The average Bonchev–Trinajstić information content (AvgIpc) is 3.28. The summed E-state index contributed by atoms with van der Waals surface area (Å²) in [7, 11) is 1.99. The van der Waals surface area contributed by atoms with Crippen molar-refractivity contribution in [1.29, 1.82) is 5.41 Å². The van der Waals surface area contributed by atoms with E-state index in [9.17, 15) is 0 Å². The molecule has 0 aliphatic heterocycles. The van der Waals surface area contributed by atoms with Gasteiger partial charge in [-0.25, -0.2) is 9.97 Å². The molecule has 4 rings (SSSR count). The van der Waals surface area contributed by atoms with E-state index in [2.05, 4.69) is 23.2 Å². The van der Waals surface area contributed by atoms with Gasteiger partial charge in [-0.3, -0.25) is 5.41 Å². The lowest BCUT2D eigenvalue weighted by atomic mass is 10.2. The first-order chi connectivity index (χ1) is 13.1. The van der Waals surface area contributed by atoms with Gasteiger partial charge in [0.15, 0.2) is 0 Å². The highest BCUT2D eigenvalue weighted by atomic mass is 35.5. The zero-order valence-corrected chi connectivity index (χ0v) is 16.2. The zero-order valence-electron chi connectivity index (χ0n) is 15.4. The number of fused-ring (bicyclic) bond motifs is 1. The summed E-state index contributed by atoms with van der Waals surface area (Å²) in [6.07, 6.45) is 5.52. The van der Waals surface area contributed by atoms with Crippen molar-refractivity contribution in [3.05, 3.63) is 78.1 Å². The van der Waals surface area contributed by atoms with Crippen LogP contribution in [0.1, 0.15) is 17.0 Å². The molecule has 2 aromatic heterocycles. The van der Waals surface area contributed by atoms with Crippen molar-refractivity contribution in [1.82, 2.24) is 19.1 Å². The topological polar surface area (TPSA) is 94.7 Å². The van der Waals surface area contributed by atoms with Crippen LogP contribution in [0.15, 0.2) is 61.2 Å². The van der Waals surface area contributed by atoms with Crippen LogP contribution in [-0.2, 0) is 20.2 Å². The Hall–Kier alpha value is -3.32. The van der Waals surface area contributed by atoms with Crippen LogP contribution >= 0.6 is 12.4 Å². The molecule has 2 aromatic carbocycles. The van der Waals surface area contributed by atoms with E-state index in [4.69, 9.17) is 20.9 Å². The predicted molar refractivity (Wildman–Crippen MR) is 111 cm³/mol. The summed E-state index contributed by atoms with van der Waals surface area (Å²) in [5, 5.41) is 7.43. The molecule has 0 spiro atoms. The van der Waals surface area contributed by atoms with Crippen LogP contribution in [0.5, 0.6) is 5.75 Å². The maximum Gasteiger partial charge on any atom is 0.147 e. The Morgan fingerprint density at radius 2 is 1.96 bits per heavy atom. The number of imidazole rings is 2. The van der Waals surface area contributed by atoms with Crippen LogP contribution in [0.25, 0.3) is 11.0 Å². The molecule has 0 atom stereocenters. The van der Waals surface area contributed by atoms with Gasteiger partial charge < -0.3 is 19.6 Å². The Morgan fingerprint density at radius 3 is 2.64 bits per heavy atom. The van der Waals surface area contributed by atoms with E-state index in [1.165, 1.54) is 5.56 Å². The Labute approximate surface area is 168 Å². The molecule has 0 radical (unpaired) electrons.